The average molecular weight is 225 g/mol. The van der Waals surface area contributed by atoms with E-state index >= 15 is 0 Å². The number of piperazine rings is 1. The van der Waals surface area contributed by atoms with E-state index in [2.05, 4.69) is 34.0 Å². The third kappa shape index (κ3) is 2.17. The van der Waals surface area contributed by atoms with Crippen LogP contribution in [0.2, 0.25) is 0 Å². The van der Waals surface area contributed by atoms with Crippen LogP contribution < -0.4 is 10.6 Å². The smallest absolute Gasteiger partial charge is 0.318 e. The van der Waals surface area contributed by atoms with Crippen LogP contribution in [0.25, 0.3) is 0 Å². The SMILES string of the molecule is CC(N)c1nnc(N2CCN(C)CC2C)o1. The molecule has 2 atom stereocenters. The van der Waals surface area contributed by atoms with Crippen LogP contribution >= 0.6 is 0 Å². The maximum absolute atomic E-state index is 5.69. The zero-order valence-corrected chi connectivity index (χ0v) is 10.1. The minimum atomic E-state index is -0.205. The Morgan fingerprint density at radius 1 is 1.44 bits per heavy atom. The molecule has 6 nitrogen and oxygen atoms in total. The molecule has 2 unspecified atom stereocenters. The highest BCUT2D eigenvalue weighted by molar-refractivity contribution is 5.27. The van der Waals surface area contributed by atoms with Gasteiger partial charge in [-0.1, -0.05) is 5.10 Å². The molecule has 0 aromatic carbocycles. The van der Waals surface area contributed by atoms with E-state index in [4.69, 9.17) is 10.2 Å². The Hall–Kier alpha value is -1.14. The van der Waals surface area contributed by atoms with Crippen LogP contribution in [0.3, 0.4) is 0 Å². The second-order valence-corrected chi connectivity index (χ2v) is 4.52. The van der Waals surface area contributed by atoms with Crippen molar-refractivity contribution in [1.82, 2.24) is 15.1 Å². The highest BCUT2D eigenvalue weighted by Gasteiger charge is 2.26. The minimum absolute atomic E-state index is 0.205. The Labute approximate surface area is 95.4 Å². The normalized spacial score (nSPS) is 24.8. The number of rotatable bonds is 2. The molecule has 1 aromatic heterocycles. The van der Waals surface area contributed by atoms with E-state index in [1.165, 1.54) is 0 Å². The van der Waals surface area contributed by atoms with Gasteiger partial charge in [-0.05, 0) is 20.9 Å². The van der Waals surface area contributed by atoms with Gasteiger partial charge in [-0.25, -0.2) is 0 Å². The van der Waals surface area contributed by atoms with E-state index in [0.29, 0.717) is 17.9 Å². The molecule has 1 saturated heterocycles. The van der Waals surface area contributed by atoms with Crippen LogP contribution in [-0.2, 0) is 0 Å². The standard InChI is InChI=1S/C10H19N5O/c1-7-6-14(3)4-5-15(7)10-13-12-9(16-10)8(2)11/h7-8H,4-6,11H2,1-3H3. The van der Waals surface area contributed by atoms with E-state index < -0.39 is 0 Å². The number of hydrogen-bond donors (Lipinski definition) is 1. The molecule has 2 rings (SSSR count). The van der Waals surface area contributed by atoms with Crippen molar-refractivity contribution in [3.05, 3.63) is 5.89 Å². The predicted octanol–water partition coefficient (Wildman–Crippen LogP) is 0.230. The van der Waals surface area contributed by atoms with Gasteiger partial charge < -0.3 is 20.0 Å². The lowest BCUT2D eigenvalue weighted by Crippen LogP contribution is -2.50. The summed E-state index contributed by atoms with van der Waals surface area (Å²) >= 11 is 0. The van der Waals surface area contributed by atoms with Crippen LogP contribution in [0, 0.1) is 0 Å². The molecule has 2 heterocycles. The summed E-state index contributed by atoms with van der Waals surface area (Å²) in [6.07, 6.45) is 0. The van der Waals surface area contributed by atoms with Gasteiger partial charge in [0, 0.05) is 25.7 Å². The first-order chi connectivity index (χ1) is 7.58. The van der Waals surface area contributed by atoms with Crippen LogP contribution in [0.4, 0.5) is 6.01 Å². The zero-order chi connectivity index (χ0) is 11.7. The van der Waals surface area contributed by atoms with E-state index in [1.54, 1.807) is 0 Å². The number of nitrogens with two attached hydrogens (primary N) is 1. The number of hydrogen-bond acceptors (Lipinski definition) is 6. The molecule has 1 fully saturated rings. The summed E-state index contributed by atoms with van der Waals surface area (Å²) in [6, 6.07) is 0.775. The molecule has 2 N–H and O–H groups in total. The molecule has 0 saturated carbocycles. The summed E-state index contributed by atoms with van der Waals surface area (Å²) in [6.45, 7) is 6.94. The molecule has 0 spiro atoms. The van der Waals surface area contributed by atoms with Crippen molar-refractivity contribution in [3.63, 3.8) is 0 Å². The Balaban J connectivity index is 2.11. The molecule has 1 aromatic rings. The summed E-state index contributed by atoms with van der Waals surface area (Å²) < 4.78 is 5.55. The Bertz CT molecular complexity index is 351. The fourth-order valence-electron chi connectivity index (χ4n) is 1.95. The highest BCUT2D eigenvalue weighted by Crippen LogP contribution is 2.20. The average Bonchev–Trinajstić information content (AvgIpc) is 2.66. The lowest BCUT2D eigenvalue weighted by atomic mass is 10.2. The van der Waals surface area contributed by atoms with Gasteiger partial charge in [-0.2, -0.15) is 0 Å². The largest absolute Gasteiger partial charge is 0.406 e. The minimum Gasteiger partial charge on any atom is -0.406 e. The molecule has 1 aliphatic rings. The maximum Gasteiger partial charge on any atom is 0.318 e. The number of anilines is 1. The van der Waals surface area contributed by atoms with Gasteiger partial charge in [-0.3, -0.25) is 0 Å². The van der Waals surface area contributed by atoms with Crippen molar-refractivity contribution in [2.24, 2.45) is 5.73 Å². The van der Waals surface area contributed by atoms with Gasteiger partial charge in [0.2, 0.25) is 5.89 Å². The molecular weight excluding hydrogens is 206 g/mol. The third-order valence-corrected chi connectivity index (χ3v) is 2.90. The Kier molecular flexibility index (Phi) is 3.11. The van der Waals surface area contributed by atoms with Crippen molar-refractivity contribution in [2.75, 3.05) is 31.6 Å². The summed E-state index contributed by atoms with van der Waals surface area (Å²) in [5, 5.41) is 7.99. The highest BCUT2D eigenvalue weighted by atomic mass is 16.4. The van der Waals surface area contributed by atoms with Gasteiger partial charge in [0.25, 0.3) is 0 Å². The van der Waals surface area contributed by atoms with Crippen molar-refractivity contribution < 1.29 is 4.42 Å². The van der Waals surface area contributed by atoms with E-state index in [0.717, 1.165) is 19.6 Å². The summed E-state index contributed by atoms with van der Waals surface area (Å²) in [5.41, 5.74) is 5.69. The van der Waals surface area contributed by atoms with Crippen molar-refractivity contribution >= 4 is 6.01 Å². The lowest BCUT2D eigenvalue weighted by molar-refractivity contribution is 0.266. The Morgan fingerprint density at radius 2 is 2.19 bits per heavy atom. The maximum atomic E-state index is 5.69. The Morgan fingerprint density at radius 3 is 2.75 bits per heavy atom. The second kappa shape index (κ2) is 4.39. The molecule has 1 aliphatic heterocycles. The molecule has 0 amide bonds. The predicted molar refractivity (Wildman–Crippen MR) is 61.2 cm³/mol. The van der Waals surface area contributed by atoms with Crippen molar-refractivity contribution in [1.29, 1.82) is 0 Å². The number of likely N-dealkylation sites (N-methyl/N-ethyl adjacent to an activating group) is 1. The third-order valence-electron chi connectivity index (χ3n) is 2.90. The fraction of sp³-hybridized carbons (Fsp3) is 0.800. The quantitative estimate of drug-likeness (QED) is 0.777. The second-order valence-electron chi connectivity index (χ2n) is 4.52. The van der Waals surface area contributed by atoms with Gasteiger partial charge in [0.1, 0.15) is 0 Å². The van der Waals surface area contributed by atoms with E-state index in [1.807, 2.05) is 6.92 Å². The molecular formula is C10H19N5O. The first-order valence-corrected chi connectivity index (χ1v) is 5.62. The topological polar surface area (TPSA) is 71.4 Å². The molecule has 16 heavy (non-hydrogen) atoms. The van der Waals surface area contributed by atoms with Crippen molar-refractivity contribution in [2.45, 2.75) is 25.9 Å². The van der Waals surface area contributed by atoms with Crippen molar-refractivity contribution in [3.8, 4) is 0 Å². The van der Waals surface area contributed by atoms with Gasteiger partial charge >= 0.3 is 6.01 Å². The van der Waals surface area contributed by atoms with E-state index in [-0.39, 0.29) is 6.04 Å². The summed E-state index contributed by atoms with van der Waals surface area (Å²) in [4.78, 5) is 4.43. The summed E-state index contributed by atoms with van der Waals surface area (Å²) in [7, 11) is 2.12. The van der Waals surface area contributed by atoms with Crippen LogP contribution in [0.15, 0.2) is 4.42 Å². The number of nitrogens with zero attached hydrogens (tertiary/aromatic N) is 4. The molecule has 0 radical (unpaired) electrons. The molecule has 6 heteroatoms. The zero-order valence-electron chi connectivity index (χ0n) is 10.1. The van der Waals surface area contributed by atoms with Gasteiger partial charge in [0.15, 0.2) is 0 Å². The fourth-order valence-corrected chi connectivity index (χ4v) is 1.95. The van der Waals surface area contributed by atoms with Crippen LogP contribution in [0.5, 0.6) is 0 Å². The summed E-state index contributed by atoms with van der Waals surface area (Å²) in [5.74, 6) is 0.501. The van der Waals surface area contributed by atoms with Crippen LogP contribution in [0.1, 0.15) is 25.8 Å². The van der Waals surface area contributed by atoms with Gasteiger partial charge in [-0.15, -0.1) is 5.10 Å². The van der Waals surface area contributed by atoms with Gasteiger partial charge in [0.05, 0.1) is 6.04 Å². The first-order valence-electron chi connectivity index (χ1n) is 5.62. The van der Waals surface area contributed by atoms with E-state index in [9.17, 15) is 0 Å². The molecule has 0 aliphatic carbocycles. The number of aromatic nitrogens is 2. The molecule has 90 valence electrons. The van der Waals surface area contributed by atoms with Crippen LogP contribution in [-0.4, -0.2) is 47.8 Å². The lowest BCUT2D eigenvalue weighted by Gasteiger charge is -2.36. The first kappa shape index (κ1) is 11.3. The monoisotopic (exact) mass is 225 g/mol. The molecule has 0 bridgehead atoms.